The zero-order valence-corrected chi connectivity index (χ0v) is 14.1. The molecule has 4 nitrogen and oxygen atoms in total. The largest absolute Gasteiger partial charge is 0.350 e. The lowest BCUT2D eigenvalue weighted by atomic mass is 10.2. The van der Waals surface area contributed by atoms with Crippen molar-refractivity contribution in [3.05, 3.63) is 80.6 Å². The molecule has 3 aromatic rings. The summed E-state index contributed by atoms with van der Waals surface area (Å²) in [4.78, 5) is 24.1. The van der Waals surface area contributed by atoms with E-state index in [1.807, 2.05) is 18.2 Å². The lowest BCUT2D eigenvalue weighted by Gasteiger charge is -2.12. The second kappa shape index (κ2) is 7.07. The van der Waals surface area contributed by atoms with Crippen molar-refractivity contribution < 1.29 is 4.79 Å². The number of hydrogen-bond donors (Lipinski definition) is 1. The smallest absolute Gasteiger partial charge is 0.240 e. The molecular formula is C18H14Cl2N2O2. The van der Waals surface area contributed by atoms with E-state index in [4.69, 9.17) is 23.2 Å². The van der Waals surface area contributed by atoms with Gasteiger partial charge in [-0.2, -0.15) is 0 Å². The SMILES string of the molecule is O=C(Cn1ccc(=O)c2ccc(Cl)cc21)NCc1ccccc1Cl. The number of halogens is 2. The molecule has 1 heterocycles. The molecule has 0 spiro atoms. The predicted octanol–water partition coefficient (Wildman–Crippen LogP) is 3.62. The van der Waals surface area contributed by atoms with Gasteiger partial charge in [-0.25, -0.2) is 0 Å². The maximum absolute atomic E-state index is 12.2. The number of aromatic nitrogens is 1. The van der Waals surface area contributed by atoms with Gasteiger partial charge in [-0.1, -0.05) is 41.4 Å². The van der Waals surface area contributed by atoms with Crippen molar-refractivity contribution in [2.75, 3.05) is 0 Å². The van der Waals surface area contributed by atoms with E-state index in [9.17, 15) is 9.59 Å². The number of carbonyl (C=O) groups excluding carboxylic acids is 1. The zero-order chi connectivity index (χ0) is 17.1. The summed E-state index contributed by atoms with van der Waals surface area (Å²) in [7, 11) is 0. The number of fused-ring (bicyclic) bond motifs is 1. The second-order valence-corrected chi connectivity index (χ2v) is 6.18. The number of nitrogens with one attached hydrogen (secondary N) is 1. The van der Waals surface area contributed by atoms with Crippen molar-refractivity contribution in [3.63, 3.8) is 0 Å². The van der Waals surface area contributed by atoms with Crippen LogP contribution in [0.25, 0.3) is 10.9 Å². The van der Waals surface area contributed by atoms with Crippen molar-refractivity contribution in [3.8, 4) is 0 Å². The molecule has 1 aromatic heterocycles. The van der Waals surface area contributed by atoms with Crippen molar-refractivity contribution in [1.82, 2.24) is 9.88 Å². The number of amides is 1. The Hall–Kier alpha value is -2.30. The number of nitrogens with zero attached hydrogens (tertiary/aromatic N) is 1. The second-order valence-electron chi connectivity index (χ2n) is 5.34. The number of benzene rings is 2. The molecule has 0 aliphatic rings. The Kier molecular flexibility index (Phi) is 4.88. The Balaban J connectivity index is 1.79. The standard InChI is InChI=1S/C18H14Cl2N2O2/c19-13-5-6-14-16(9-13)22(8-7-17(14)23)11-18(24)21-10-12-3-1-2-4-15(12)20/h1-9H,10-11H2,(H,21,24). The third-order valence-electron chi connectivity index (χ3n) is 3.69. The highest BCUT2D eigenvalue weighted by Gasteiger charge is 2.08. The summed E-state index contributed by atoms with van der Waals surface area (Å²) in [6.07, 6.45) is 1.59. The lowest BCUT2D eigenvalue weighted by Crippen LogP contribution is -2.27. The van der Waals surface area contributed by atoms with Crippen LogP contribution in [-0.4, -0.2) is 10.5 Å². The molecule has 1 amide bonds. The van der Waals surface area contributed by atoms with Crippen LogP contribution in [0.4, 0.5) is 0 Å². The van der Waals surface area contributed by atoms with Crippen LogP contribution < -0.4 is 10.7 Å². The molecular weight excluding hydrogens is 347 g/mol. The van der Waals surface area contributed by atoms with Crippen molar-refractivity contribution in [1.29, 1.82) is 0 Å². The Bertz CT molecular complexity index is 967. The average Bonchev–Trinajstić information content (AvgIpc) is 2.57. The van der Waals surface area contributed by atoms with Gasteiger partial charge in [0.15, 0.2) is 5.43 Å². The molecule has 0 saturated heterocycles. The summed E-state index contributed by atoms with van der Waals surface area (Å²) < 4.78 is 1.70. The molecule has 0 fully saturated rings. The topological polar surface area (TPSA) is 51.1 Å². The summed E-state index contributed by atoms with van der Waals surface area (Å²) in [5.41, 5.74) is 1.37. The van der Waals surface area contributed by atoms with Crippen LogP contribution in [0.1, 0.15) is 5.56 Å². The first kappa shape index (κ1) is 16.6. The zero-order valence-electron chi connectivity index (χ0n) is 12.6. The number of carbonyl (C=O) groups is 1. The van der Waals surface area contributed by atoms with Gasteiger partial charge < -0.3 is 9.88 Å². The first-order chi connectivity index (χ1) is 11.5. The van der Waals surface area contributed by atoms with Crippen LogP contribution in [-0.2, 0) is 17.9 Å². The minimum atomic E-state index is -0.181. The molecule has 0 unspecified atom stereocenters. The molecule has 0 radical (unpaired) electrons. The van der Waals surface area contributed by atoms with E-state index in [-0.39, 0.29) is 17.9 Å². The van der Waals surface area contributed by atoms with Gasteiger partial charge in [0.25, 0.3) is 0 Å². The first-order valence-corrected chi connectivity index (χ1v) is 8.09. The molecule has 24 heavy (non-hydrogen) atoms. The third-order valence-corrected chi connectivity index (χ3v) is 4.29. The van der Waals surface area contributed by atoms with Crippen LogP contribution in [0.2, 0.25) is 10.0 Å². The van der Waals surface area contributed by atoms with E-state index >= 15 is 0 Å². The fourth-order valence-corrected chi connectivity index (χ4v) is 2.83. The molecule has 1 N–H and O–H groups in total. The third kappa shape index (κ3) is 3.61. The van der Waals surface area contributed by atoms with E-state index in [0.717, 1.165) is 5.56 Å². The van der Waals surface area contributed by atoms with Crippen LogP contribution in [0, 0.1) is 0 Å². The van der Waals surface area contributed by atoms with E-state index in [1.54, 1.807) is 35.0 Å². The van der Waals surface area contributed by atoms with Gasteiger partial charge in [-0.15, -0.1) is 0 Å². The summed E-state index contributed by atoms with van der Waals surface area (Å²) in [5, 5.41) is 4.48. The fraction of sp³-hybridized carbons (Fsp3) is 0.111. The number of rotatable bonds is 4. The lowest BCUT2D eigenvalue weighted by molar-refractivity contribution is -0.121. The highest BCUT2D eigenvalue weighted by Crippen LogP contribution is 2.17. The van der Waals surface area contributed by atoms with Crippen LogP contribution in [0.5, 0.6) is 0 Å². The van der Waals surface area contributed by atoms with E-state index in [0.29, 0.717) is 27.5 Å². The minimum Gasteiger partial charge on any atom is -0.350 e. The molecule has 0 saturated carbocycles. The molecule has 0 bridgehead atoms. The molecule has 122 valence electrons. The Labute approximate surface area is 148 Å². The monoisotopic (exact) mass is 360 g/mol. The number of hydrogen-bond acceptors (Lipinski definition) is 2. The van der Waals surface area contributed by atoms with Crippen LogP contribution >= 0.6 is 23.2 Å². The van der Waals surface area contributed by atoms with Crippen molar-refractivity contribution in [2.24, 2.45) is 0 Å². The number of pyridine rings is 1. The minimum absolute atomic E-state index is 0.0849. The average molecular weight is 361 g/mol. The summed E-state index contributed by atoms with van der Waals surface area (Å²) in [5.74, 6) is -0.181. The summed E-state index contributed by atoms with van der Waals surface area (Å²) in [6, 6.07) is 13.8. The first-order valence-electron chi connectivity index (χ1n) is 7.33. The Morgan fingerprint density at radius 2 is 1.88 bits per heavy atom. The van der Waals surface area contributed by atoms with Gasteiger partial charge in [-0.3, -0.25) is 9.59 Å². The molecule has 0 aliphatic carbocycles. The van der Waals surface area contributed by atoms with Gasteiger partial charge in [-0.05, 0) is 29.8 Å². The van der Waals surface area contributed by atoms with E-state index < -0.39 is 0 Å². The molecule has 2 aromatic carbocycles. The maximum Gasteiger partial charge on any atom is 0.240 e. The summed E-state index contributed by atoms with van der Waals surface area (Å²) >= 11 is 12.1. The molecule has 0 aliphatic heterocycles. The van der Waals surface area contributed by atoms with Crippen molar-refractivity contribution >= 4 is 40.0 Å². The van der Waals surface area contributed by atoms with Gasteiger partial charge in [0.05, 0.1) is 5.52 Å². The van der Waals surface area contributed by atoms with Gasteiger partial charge in [0.2, 0.25) is 5.91 Å². The molecule has 0 atom stereocenters. The fourth-order valence-electron chi connectivity index (χ4n) is 2.46. The van der Waals surface area contributed by atoms with Gasteiger partial charge in [0, 0.05) is 34.2 Å². The van der Waals surface area contributed by atoms with Crippen molar-refractivity contribution in [2.45, 2.75) is 13.1 Å². The van der Waals surface area contributed by atoms with E-state index in [1.165, 1.54) is 6.07 Å². The van der Waals surface area contributed by atoms with Gasteiger partial charge >= 0.3 is 0 Å². The maximum atomic E-state index is 12.2. The molecule has 6 heteroatoms. The normalized spacial score (nSPS) is 10.8. The Morgan fingerprint density at radius 1 is 1.08 bits per heavy atom. The predicted molar refractivity (Wildman–Crippen MR) is 96.5 cm³/mol. The Morgan fingerprint density at radius 3 is 2.67 bits per heavy atom. The molecule has 3 rings (SSSR count). The van der Waals surface area contributed by atoms with E-state index in [2.05, 4.69) is 5.32 Å². The van der Waals surface area contributed by atoms with Crippen LogP contribution in [0.15, 0.2) is 59.5 Å². The highest BCUT2D eigenvalue weighted by molar-refractivity contribution is 6.31. The van der Waals surface area contributed by atoms with Crippen LogP contribution in [0.3, 0.4) is 0 Å². The van der Waals surface area contributed by atoms with Gasteiger partial charge in [0.1, 0.15) is 6.54 Å². The quantitative estimate of drug-likeness (QED) is 0.772. The highest BCUT2D eigenvalue weighted by atomic mass is 35.5. The summed E-state index contributed by atoms with van der Waals surface area (Å²) in [6.45, 7) is 0.430.